The van der Waals surface area contributed by atoms with Crippen LogP contribution in [-0.2, 0) is 11.5 Å². The number of nitrogens with zero attached hydrogens (tertiary/aromatic N) is 1. The van der Waals surface area contributed by atoms with Gasteiger partial charge >= 0.3 is 5.97 Å². The van der Waals surface area contributed by atoms with E-state index in [1.54, 1.807) is 0 Å². The maximum Gasteiger partial charge on any atom is 0.337 e. The molecular weight excluding hydrogens is 338 g/mol. The predicted molar refractivity (Wildman–Crippen MR) is 105 cm³/mol. The molecule has 2 heterocycles. The Morgan fingerprint density at radius 2 is 1.93 bits per heavy atom. The lowest BCUT2D eigenvalue weighted by Crippen LogP contribution is -2.14. The summed E-state index contributed by atoms with van der Waals surface area (Å²) in [5.74, 6) is 1.20. The molecule has 0 bridgehead atoms. The zero-order valence-corrected chi connectivity index (χ0v) is 15.5. The Kier molecular flexibility index (Phi) is 3.92. The lowest BCUT2D eigenvalue weighted by molar-refractivity contribution is 0.0601. The molecule has 27 heavy (non-hydrogen) atoms. The Morgan fingerprint density at radius 1 is 1.11 bits per heavy atom. The molecule has 1 aliphatic heterocycles. The molecule has 0 N–H and O–H groups in total. The van der Waals surface area contributed by atoms with Gasteiger partial charge < -0.3 is 14.0 Å². The number of carbonyl (C=O) groups is 1. The fraction of sp³-hybridized carbons (Fsp3) is 0.348. The average molecular weight is 361 g/mol. The van der Waals surface area contributed by atoms with E-state index >= 15 is 0 Å². The molecule has 0 atom stereocenters. The van der Waals surface area contributed by atoms with Crippen LogP contribution in [0.5, 0.6) is 5.75 Å². The first kappa shape index (κ1) is 16.4. The number of carbonyl (C=O) groups excluding carboxylic acids is 1. The van der Waals surface area contributed by atoms with Crippen LogP contribution in [0.15, 0.2) is 42.5 Å². The highest BCUT2D eigenvalue weighted by atomic mass is 16.5. The van der Waals surface area contributed by atoms with Crippen LogP contribution in [0.1, 0.15) is 53.9 Å². The molecule has 2 aromatic carbocycles. The van der Waals surface area contributed by atoms with E-state index in [2.05, 4.69) is 22.8 Å². The summed E-state index contributed by atoms with van der Waals surface area (Å²) in [5, 5.41) is 1.24. The number of ether oxygens (including phenoxy) is 2. The number of para-hydroxylation sites is 1. The highest BCUT2D eigenvalue weighted by Gasteiger charge is 2.30. The molecule has 5 rings (SSSR count). The Hall–Kier alpha value is -2.75. The number of rotatable bonds is 2. The maximum atomic E-state index is 12.1. The molecule has 1 aliphatic carbocycles. The van der Waals surface area contributed by atoms with E-state index in [1.165, 1.54) is 55.9 Å². The van der Waals surface area contributed by atoms with Crippen molar-refractivity contribution in [3.63, 3.8) is 0 Å². The van der Waals surface area contributed by atoms with Gasteiger partial charge in [-0.05, 0) is 48.6 Å². The molecule has 0 saturated heterocycles. The van der Waals surface area contributed by atoms with Crippen LogP contribution >= 0.6 is 0 Å². The van der Waals surface area contributed by atoms with Gasteiger partial charge in [-0.15, -0.1) is 0 Å². The molecule has 0 unspecified atom stereocenters. The van der Waals surface area contributed by atoms with Gasteiger partial charge in [0.25, 0.3) is 0 Å². The molecule has 0 amide bonds. The van der Waals surface area contributed by atoms with Gasteiger partial charge in [-0.2, -0.15) is 0 Å². The number of hydrogen-bond acceptors (Lipinski definition) is 3. The van der Waals surface area contributed by atoms with Gasteiger partial charge in [0.2, 0.25) is 0 Å². The summed E-state index contributed by atoms with van der Waals surface area (Å²) in [5.41, 5.74) is 5.49. The van der Waals surface area contributed by atoms with E-state index in [0.29, 0.717) is 18.2 Å². The van der Waals surface area contributed by atoms with Crippen LogP contribution in [0.3, 0.4) is 0 Å². The van der Waals surface area contributed by atoms with Gasteiger partial charge in [-0.25, -0.2) is 4.79 Å². The fourth-order valence-corrected chi connectivity index (χ4v) is 4.77. The standard InChI is InChI=1S/C23H23NO3/c1-26-23(25)16-11-12-17-19(13-16)24-14-27-20-10-6-5-9-18(20)22(24)21(17)15-7-3-2-4-8-15/h5-6,9-13,15H,2-4,7-8,14H2,1H3. The van der Waals surface area contributed by atoms with E-state index in [-0.39, 0.29) is 5.97 Å². The first-order valence-electron chi connectivity index (χ1n) is 9.74. The van der Waals surface area contributed by atoms with Crippen LogP contribution in [0, 0.1) is 0 Å². The van der Waals surface area contributed by atoms with Crippen molar-refractivity contribution in [2.75, 3.05) is 7.11 Å². The van der Waals surface area contributed by atoms with Gasteiger partial charge in [0, 0.05) is 10.9 Å². The minimum absolute atomic E-state index is 0.302. The van der Waals surface area contributed by atoms with Crippen molar-refractivity contribution in [3.05, 3.63) is 53.6 Å². The third-order valence-electron chi connectivity index (χ3n) is 6.03. The first-order valence-corrected chi connectivity index (χ1v) is 9.74. The number of fused-ring (bicyclic) bond motifs is 5. The lowest BCUT2D eigenvalue weighted by Gasteiger charge is -2.26. The highest BCUT2D eigenvalue weighted by Crippen LogP contribution is 2.47. The molecular formula is C23H23NO3. The summed E-state index contributed by atoms with van der Waals surface area (Å²) in [6, 6.07) is 14.2. The quantitative estimate of drug-likeness (QED) is 0.567. The molecule has 4 nitrogen and oxygen atoms in total. The van der Waals surface area contributed by atoms with E-state index in [0.717, 1.165) is 16.8 Å². The summed E-state index contributed by atoms with van der Waals surface area (Å²) in [4.78, 5) is 12.1. The van der Waals surface area contributed by atoms with Crippen molar-refractivity contribution in [1.29, 1.82) is 0 Å². The molecule has 0 spiro atoms. The van der Waals surface area contributed by atoms with Gasteiger partial charge in [0.15, 0.2) is 6.73 Å². The van der Waals surface area contributed by atoms with E-state index < -0.39 is 0 Å². The zero-order chi connectivity index (χ0) is 18.4. The minimum atomic E-state index is -0.302. The SMILES string of the molecule is COC(=O)c1ccc2c(C3CCCCC3)c3n(c2c1)COc1ccccc1-3. The van der Waals surface area contributed by atoms with Gasteiger partial charge in [-0.3, -0.25) is 0 Å². The van der Waals surface area contributed by atoms with Gasteiger partial charge in [0.1, 0.15) is 5.75 Å². The molecule has 2 aliphatic rings. The Balaban J connectivity index is 1.80. The second-order valence-electron chi connectivity index (χ2n) is 7.52. The largest absolute Gasteiger partial charge is 0.472 e. The predicted octanol–water partition coefficient (Wildman–Crippen LogP) is 5.49. The van der Waals surface area contributed by atoms with Crippen molar-refractivity contribution in [2.24, 2.45) is 0 Å². The maximum absolute atomic E-state index is 12.1. The van der Waals surface area contributed by atoms with Crippen molar-refractivity contribution in [2.45, 2.75) is 44.8 Å². The summed E-state index contributed by atoms with van der Waals surface area (Å²) in [6.45, 7) is 0.472. The smallest absolute Gasteiger partial charge is 0.337 e. The van der Waals surface area contributed by atoms with Crippen LogP contribution < -0.4 is 4.74 Å². The number of esters is 1. The van der Waals surface area contributed by atoms with Crippen LogP contribution in [0.4, 0.5) is 0 Å². The van der Waals surface area contributed by atoms with Crippen LogP contribution in [0.25, 0.3) is 22.2 Å². The summed E-state index contributed by atoms with van der Waals surface area (Å²) < 4.78 is 13.2. The van der Waals surface area contributed by atoms with E-state index in [1.807, 2.05) is 24.3 Å². The number of benzene rings is 2. The monoisotopic (exact) mass is 361 g/mol. The Bertz CT molecular complexity index is 1030. The van der Waals surface area contributed by atoms with E-state index in [4.69, 9.17) is 9.47 Å². The molecule has 1 fully saturated rings. The van der Waals surface area contributed by atoms with Crippen molar-refractivity contribution in [3.8, 4) is 17.0 Å². The molecule has 3 aromatic rings. The molecule has 138 valence electrons. The molecule has 4 heteroatoms. The molecule has 1 aromatic heterocycles. The summed E-state index contributed by atoms with van der Waals surface area (Å²) in [6.07, 6.45) is 6.36. The number of methoxy groups -OCH3 is 1. The Morgan fingerprint density at radius 3 is 2.74 bits per heavy atom. The van der Waals surface area contributed by atoms with Crippen LogP contribution in [0.2, 0.25) is 0 Å². The Labute approximate surface area is 158 Å². The first-order chi connectivity index (χ1) is 13.3. The van der Waals surface area contributed by atoms with E-state index in [9.17, 15) is 4.79 Å². The lowest BCUT2D eigenvalue weighted by atomic mass is 9.81. The highest BCUT2D eigenvalue weighted by molar-refractivity contribution is 5.99. The number of aromatic nitrogens is 1. The average Bonchev–Trinajstić information content (AvgIpc) is 3.08. The normalized spacial score (nSPS) is 16.5. The second kappa shape index (κ2) is 6.45. The fourth-order valence-electron chi connectivity index (χ4n) is 4.77. The molecule has 1 saturated carbocycles. The number of hydrogen-bond donors (Lipinski definition) is 0. The van der Waals surface area contributed by atoms with Gasteiger partial charge in [-0.1, -0.05) is 37.5 Å². The minimum Gasteiger partial charge on any atom is -0.472 e. The summed E-state index contributed by atoms with van der Waals surface area (Å²) in [7, 11) is 1.42. The van der Waals surface area contributed by atoms with Crippen LogP contribution in [-0.4, -0.2) is 17.6 Å². The third-order valence-corrected chi connectivity index (χ3v) is 6.03. The second-order valence-corrected chi connectivity index (χ2v) is 7.52. The summed E-state index contributed by atoms with van der Waals surface area (Å²) >= 11 is 0. The van der Waals surface area contributed by atoms with Crippen molar-refractivity contribution >= 4 is 16.9 Å². The van der Waals surface area contributed by atoms with Crippen molar-refractivity contribution in [1.82, 2.24) is 4.57 Å². The molecule has 0 radical (unpaired) electrons. The zero-order valence-electron chi connectivity index (χ0n) is 15.5. The van der Waals surface area contributed by atoms with Gasteiger partial charge in [0.05, 0.1) is 23.9 Å². The third kappa shape index (κ3) is 2.54. The topological polar surface area (TPSA) is 40.5 Å². The van der Waals surface area contributed by atoms with Crippen molar-refractivity contribution < 1.29 is 14.3 Å².